The van der Waals surface area contributed by atoms with Crippen molar-refractivity contribution in [3.63, 3.8) is 0 Å². The van der Waals surface area contributed by atoms with Crippen molar-refractivity contribution in [2.75, 3.05) is 44.0 Å². The Hall–Kier alpha value is -3.34. The molecule has 0 saturated carbocycles. The number of nitrogens with two attached hydrogens (primary N) is 1. The first kappa shape index (κ1) is 40.7. The molecule has 1 aliphatic carbocycles. The van der Waals surface area contributed by atoms with Crippen LogP contribution in [-0.2, 0) is 35.1 Å². The number of anilines is 1. The first-order chi connectivity index (χ1) is 22.0. The Morgan fingerprint density at radius 3 is 1.89 bits per heavy atom. The van der Waals surface area contributed by atoms with Gasteiger partial charge in [-0.25, -0.2) is 4.79 Å². The number of allylic oxidation sites excluding steroid dienone is 3. The summed E-state index contributed by atoms with van der Waals surface area (Å²) in [6.45, 7) is 5.10. The van der Waals surface area contributed by atoms with Crippen molar-refractivity contribution in [3.05, 3.63) is 64.1 Å². The summed E-state index contributed by atoms with van der Waals surface area (Å²) in [7, 11) is 2.56. The van der Waals surface area contributed by atoms with Gasteiger partial charge in [0.1, 0.15) is 6.04 Å². The Balaban J connectivity index is 0.000000489. The number of Topliss-reactive ketones (excluding diaryl/α,β-unsaturated/α-hetero) is 2. The van der Waals surface area contributed by atoms with Crippen LogP contribution in [0.2, 0.25) is 0 Å². The Kier molecular flexibility index (Phi) is 19.7. The van der Waals surface area contributed by atoms with Crippen LogP contribution in [0, 0.1) is 0 Å². The molecule has 0 bridgehead atoms. The Morgan fingerprint density at radius 1 is 0.891 bits per heavy atom. The normalized spacial score (nSPS) is 14.1. The predicted molar refractivity (Wildman–Crippen MR) is 181 cm³/mol. The number of ketones is 2. The van der Waals surface area contributed by atoms with Gasteiger partial charge >= 0.3 is 11.9 Å². The first-order valence-corrected chi connectivity index (χ1v) is 16.5. The molecule has 0 fully saturated rings. The standard InChI is InChI=1S/C21H30O6.C13H18Cl2N2O2/c1-5-6-7-8-9-10-11-12-15(21(24)25)13-16-14(2)17(22)19(26-3)20(27-4)18(16)23;14-5-7-17(8-6-15)11-3-1-10(2-4-11)9-12(16)13(18)19/h13H,5-12H2,1-4H3,(H,24,25);1-4,12H,5-9,16H2,(H,18,19)/b15-13+;/t;12-/m.0/s1. The maximum atomic E-state index is 12.6. The second-order valence-corrected chi connectivity index (χ2v) is 11.5. The smallest absolute Gasteiger partial charge is 0.331 e. The summed E-state index contributed by atoms with van der Waals surface area (Å²) in [6, 6.07) is 6.76. The second kappa shape index (κ2) is 22.2. The summed E-state index contributed by atoms with van der Waals surface area (Å²) < 4.78 is 10.00. The summed E-state index contributed by atoms with van der Waals surface area (Å²) >= 11 is 11.5. The average molecular weight is 684 g/mol. The van der Waals surface area contributed by atoms with E-state index in [-0.39, 0.29) is 28.2 Å². The highest BCUT2D eigenvalue weighted by Gasteiger charge is 2.34. The van der Waals surface area contributed by atoms with Gasteiger partial charge in [0.2, 0.25) is 23.1 Å². The third-order valence-electron chi connectivity index (χ3n) is 7.44. The zero-order valence-corrected chi connectivity index (χ0v) is 28.8. The number of carboxylic acids is 2. The molecule has 0 amide bonds. The number of carboxylic acid groups (broad SMARTS) is 2. The molecule has 256 valence electrons. The molecule has 46 heavy (non-hydrogen) atoms. The van der Waals surface area contributed by atoms with Gasteiger partial charge in [0, 0.05) is 47.3 Å². The number of hydrogen-bond donors (Lipinski definition) is 3. The monoisotopic (exact) mass is 682 g/mol. The number of rotatable bonds is 20. The van der Waals surface area contributed by atoms with Gasteiger partial charge < -0.3 is 30.3 Å². The van der Waals surface area contributed by atoms with E-state index in [0.717, 1.165) is 50.0 Å². The third-order valence-corrected chi connectivity index (χ3v) is 7.78. The average Bonchev–Trinajstić information content (AvgIpc) is 3.03. The van der Waals surface area contributed by atoms with Gasteiger partial charge in [0.05, 0.1) is 14.2 Å². The molecule has 0 saturated heterocycles. The number of carbonyl (C=O) groups excluding carboxylic acids is 2. The molecule has 1 aromatic rings. The van der Waals surface area contributed by atoms with E-state index in [0.29, 0.717) is 24.6 Å². The minimum Gasteiger partial charge on any atom is -0.489 e. The van der Waals surface area contributed by atoms with Gasteiger partial charge in [-0.3, -0.25) is 14.4 Å². The van der Waals surface area contributed by atoms with E-state index in [1.165, 1.54) is 46.5 Å². The number of halogens is 2. The Morgan fingerprint density at radius 2 is 1.41 bits per heavy atom. The summed E-state index contributed by atoms with van der Waals surface area (Å²) in [5.41, 5.74) is 7.75. The van der Waals surface area contributed by atoms with Gasteiger partial charge in [0.25, 0.3) is 0 Å². The van der Waals surface area contributed by atoms with Crippen molar-refractivity contribution in [2.45, 2.75) is 77.7 Å². The van der Waals surface area contributed by atoms with Crippen molar-refractivity contribution in [1.82, 2.24) is 0 Å². The summed E-state index contributed by atoms with van der Waals surface area (Å²) in [5, 5.41) is 18.2. The van der Waals surface area contributed by atoms with E-state index in [9.17, 15) is 24.3 Å². The lowest BCUT2D eigenvalue weighted by Gasteiger charge is -2.23. The number of benzene rings is 1. The quantitative estimate of drug-likeness (QED) is 0.0641. The van der Waals surface area contributed by atoms with Crippen LogP contribution < -0.4 is 10.6 Å². The van der Waals surface area contributed by atoms with E-state index in [2.05, 4.69) is 11.8 Å². The van der Waals surface area contributed by atoms with Gasteiger partial charge in [-0.2, -0.15) is 0 Å². The number of unbranched alkanes of at least 4 members (excludes halogenated alkanes) is 6. The van der Waals surface area contributed by atoms with E-state index in [1.807, 2.05) is 24.3 Å². The maximum absolute atomic E-state index is 12.6. The van der Waals surface area contributed by atoms with Crippen molar-refractivity contribution in [1.29, 1.82) is 0 Å². The minimum absolute atomic E-state index is 0.0537. The molecule has 1 aromatic carbocycles. The van der Waals surface area contributed by atoms with Crippen LogP contribution in [-0.4, -0.2) is 78.8 Å². The number of hydrogen-bond acceptors (Lipinski definition) is 8. The number of aliphatic carboxylic acids is 2. The van der Waals surface area contributed by atoms with E-state index < -0.39 is 29.5 Å². The van der Waals surface area contributed by atoms with Crippen LogP contribution in [0.4, 0.5) is 5.69 Å². The molecule has 0 spiro atoms. The second-order valence-electron chi connectivity index (χ2n) is 10.8. The van der Waals surface area contributed by atoms with Crippen LogP contribution in [0.25, 0.3) is 0 Å². The minimum atomic E-state index is -1.08. The fraction of sp³-hybridized carbons (Fsp3) is 0.529. The lowest BCUT2D eigenvalue weighted by Crippen LogP contribution is -2.32. The molecule has 0 aliphatic heterocycles. The molecule has 10 nitrogen and oxygen atoms in total. The van der Waals surface area contributed by atoms with Crippen LogP contribution in [0.3, 0.4) is 0 Å². The highest BCUT2D eigenvalue weighted by molar-refractivity contribution is 6.24. The van der Waals surface area contributed by atoms with Crippen molar-refractivity contribution >= 4 is 52.4 Å². The highest BCUT2D eigenvalue weighted by atomic mass is 35.5. The molecule has 2 rings (SSSR count). The summed E-state index contributed by atoms with van der Waals surface area (Å²) in [6.07, 6.45) is 9.49. The lowest BCUT2D eigenvalue weighted by atomic mass is 9.91. The third kappa shape index (κ3) is 13.2. The number of ether oxygens (including phenoxy) is 2. The zero-order chi connectivity index (χ0) is 34.6. The van der Waals surface area contributed by atoms with Crippen molar-refractivity contribution < 1.29 is 38.9 Å². The molecule has 0 radical (unpaired) electrons. The van der Waals surface area contributed by atoms with Gasteiger partial charge in [-0.05, 0) is 50.0 Å². The molecule has 1 aliphatic rings. The predicted octanol–water partition coefficient (Wildman–Crippen LogP) is 6.04. The molecular formula is C34H48Cl2N2O8. The number of alkyl halides is 2. The molecule has 1 atom stereocenters. The molecule has 0 aromatic heterocycles. The number of nitrogens with zero attached hydrogens (tertiary/aromatic N) is 1. The zero-order valence-electron chi connectivity index (χ0n) is 27.3. The molecular weight excluding hydrogens is 635 g/mol. The maximum Gasteiger partial charge on any atom is 0.331 e. The summed E-state index contributed by atoms with van der Waals surface area (Å²) in [5.74, 6) is -2.37. The molecule has 12 heteroatoms. The summed E-state index contributed by atoms with van der Waals surface area (Å²) in [4.78, 5) is 49.3. The molecule has 0 heterocycles. The molecule has 0 unspecified atom stereocenters. The number of methoxy groups -OCH3 is 2. The fourth-order valence-electron chi connectivity index (χ4n) is 4.78. The Labute approximate surface area is 282 Å². The number of carbonyl (C=O) groups is 4. The highest BCUT2D eigenvalue weighted by Crippen LogP contribution is 2.28. The van der Waals surface area contributed by atoms with Crippen LogP contribution in [0.1, 0.15) is 70.8 Å². The van der Waals surface area contributed by atoms with Gasteiger partial charge in [0.15, 0.2) is 0 Å². The van der Waals surface area contributed by atoms with Gasteiger partial charge in [-0.15, -0.1) is 23.2 Å². The van der Waals surface area contributed by atoms with Crippen LogP contribution in [0.5, 0.6) is 0 Å². The van der Waals surface area contributed by atoms with Crippen LogP contribution >= 0.6 is 23.2 Å². The lowest BCUT2D eigenvalue weighted by molar-refractivity contribution is -0.138. The Bertz CT molecular complexity index is 1250. The van der Waals surface area contributed by atoms with E-state index in [1.54, 1.807) is 0 Å². The topological polar surface area (TPSA) is 156 Å². The largest absolute Gasteiger partial charge is 0.489 e. The first-order valence-electron chi connectivity index (χ1n) is 15.5. The van der Waals surface area contributed by atoms with E-state index >= 15 is 0 Å². The van der Waals surface area contributed by atoms with Crippen molar-refractivity contribution in [2.24, 2.45) is 5.73 Å². The van der Waals surface area contributed by atoms with Gasteiger partial charge in [-0.1, -0.05) is 57.6 Å². The molecule has 4 N–H and O–H groups in total. The van der Waals surface area contributed by atoms with Crippen molar-refractivity contribution in [3.8, 4) is 0 Å². The fourth-order valence-corrected chi connectivity index (χ4v) is 5.19. The van der Waals surface area contributed by atoms with E-state index in [4.69, 9.17) is 43.5 Å². The van der Waals surface area contributed by atoms with Crippen LogP contribution in [0.15, 0.2) is 58.6 Å². The SMILES string of the molecule is CCCCCCCCC/C(=C\C1=C(C)C(=O)C(OC)=C(OC)C1=O)C(=O)O.N[C@@H](Cc1ccc(N(CCCl)CCCl)cc1)C(=O)O.